The minimum Gasteiger partial charge on any atom is -0.409 e. The van der Waals surface area contributed by atoms with Crippen LogP contribution >= 0.6 is 0 Å². The van der Waals surface area contributed by atoms with Crippen molar-refractivity contribution in [2.45, 2.75) is 57.9 Å². The molecule has 0 amide bonds. The Bertz CT molecular complexity index is 141. The van der Waals surface area contributed by atoms with Gasteiger partial charge in [-0.25, -0.2) is 0 Å². The van der Waals surface area contributed by atoms with E-state index >= 15 is 0 Å². The van der Waals surface area contributed by atoms with Crippen LogP contribution in [0, 0.1) is 0 Å². The molecule has 0 aliphatic carbocycles. The van der Waals surface area contributed by atoms with Crippen LogP contribution in [0.3, 0.4) is 0 Å². The van der Waals surface area contributed by atoms with Crippen LogP contribution in [0.25, 0.3) is 0 Å². The van der Waals surface area contributed by atoms with Crippen molar-refractivity contribution in [2.75, 3.05) is 7.11 Å². The summed E-state index contributed by atoms with van der Waals surface area (Å²) in [5.74, 6) is 0. The molecule has 1 unspecified atom stereocenters. The Kier molecular flexibility index (Phi) is 14.0. The van der Waals surface area contributed by atoms with Gasteiger partial charge in [0.05, 0.1) is 10.4 Å². The fourth-order valence-electron chi connectivity index (χ4n) is 1.81. The second-order valence-corrected chi connectivity index (χ2v) is 11.2. The average molecular weight is 279 g/mol. The molecule has 0 radical (unpaired) electrons. The van der Waals surface area contributed by atoms with Crippen LogP contribution in [0.15, 0.2) is 0 Å². The monoisotopic (exact) mass is 278 g/mol. The normalized spacial score (nSPS) is 13.9. The SMILES string of the molecule is CCCCCCCCC[SiH](N[SiH2]N[SiH3])OC. The molecule has 0 aromatic rings. The van der Waals surface area contributed by atoms with E-state index in [2.05, 4.69) is 16.2 Å². The molecule has 0 heterocycles. The number of unbranched alkanes of at least 4 members (excludes halogenated alkanes) is 6. The summed E-state index contributed by atoms with van der Waals surface area (Å²) in [7, 11) is 1.77. The molecule has 0 aromatic carbocycles. The van der Waals surface area contributed by atoms with E-state index in [-0.39, 0.29) is 9.84 Å². The van der Waals surface area contributed by atoms with Crippen molar-refractivity contribution in [3.63, 3.8) is 0 Å². The molecule has 0 saturated heterocycles. The van der Waals surface area contributed by atoms with Gasteiger partial charge < -0.3 is 13.7 Å². The van der Waals surface area contributed by atoms with E-state index in [1.165, 1.54) is 51.0 Å². The number of hydrogen-bond donors (Lipinski definition) is 2. The Morgan fingerprint density at radius 3 is 2.31 bits per heavy atom. The van der Waals surface area contributed by atoms with Crippen LogP contribution in [-0.4, -0.2) is 36.6 Å². The topological polar surface area (TPSA) is 33.3 Å². The standard InChI is InChI=1S/C10H30N2OSi3/c1-3-4-5-6-7-8-9-10-16(13-2)12-15-11-14/h11-12,16H,3-10,15H2,1-2,14H3. The lowest BCUT2D eigenvalue weighted by molar-refractivity contribution is 0.412. The van der Waals surface area contributed by atoms with Crippen molar-refractivity contribution in [3.05, 3.63) is 0 Å². The average Bonchev–Trinajstić information content (AvgIpc) is 2.32. The van der Waals surface area contributed by atoms with E-state index in [4.69, 9.17) is 4.43 Å². The minimum atomic E-state index is -1.02. The largest absolute Gasteiger partial charge is 0.409 e. The molecule has 0 fully saturated rings. The second-order valence-electron chi connectivity index (χ2n) is 4.37. The molecule has 1 atom stereocenters. The molecule has 0 saturated carbocycles. The third-order valence-electron chi connectivity index (χ3n) is 2.86. The van der Waals surface area contributed by atoms with Crippen molar-refractivity contribution in [1.29, 1.82) is 0 Å². The highest BCUT2D eigenvalue weighted by molar-refractivity contribution is 6.61. The lowest BCUT2D eigenvalue weighted by Crippen LogP contribution is -2.44. The van der Waals surface area contributed by atoms with Crippen molar-refractivity contribution >= 4 is 29.4 Å². The fraction of sp³-hybridized carbons (Fsp3) is 1.00. The third-order valence-corrected chi connectivity index (χ3v) is 8.41. The van der Waals surface area contributed by atoms with E-state index in [1.807, 2.05) is 7.11 Å². The van der Waals surface area contributed by atoms with Crippen molar-refractivity contribution in [1.82, 2.24) is 9.30 Å². The first-order valence-corrected chi connectivity index (χ1v) is 11.0. The zero-order valence-electron chi connectivity index (χ0n) is 11.3. The number of rotatable bonds is 12. The van der Waals surface area contributed by atoms with Gasteiger partial charge in [-0.2, -0.15) is 0 Å². The number of hydrogen-bond acceptors (Lipinski definition) is 3. The van der Waals surface area contributed by atoms with Gasteiger partial charge in [-0.3, -0.25) is 0 Å². The Hall–Kier alpha value is 0.531. The Morgan fingerprint density at radius 2 is 1.75 bits per heavy atom. The molecule has 0 bridgehead atoms. The first-order chi connectivity index (χ1) is 7.85. The van der Waals surface area contributed by atoms with E-state index in [0.29, 0.717) is 0 Å². The minimum absolute atomic E-state index is 0.189. The first-order valence-electron chi connectivity index (χ1n) is 6.76. The van der Waals surface area contributed by atoms with E-state index in [0.717, 1.165) is 10.4 Å². The maximum atomic E-state index is 5.54. The summed E-state index contributed by atoms with van der Waals surface area (Å²) < 4.78 is 12.5. The smallest absolute Gasteiger partial charge is 0.245 e. The van der Waals surface area contributed by atoms with Gasteiger partial charge >= 0.3 is 0 Å². The predicted molar refractivity (Wildman–Crippen MR) is 81.7 cm³/mol. The maximum absolute atomic E-state index is 5.54. The van der Waals surface area contributed by atoms with Gasteiger partial charge in [0.25, 0.3) is 0 Å². The Balaban J connectivity index is 3.20. The summed E-state index contributed by atoms with van der Waals surface area (Å²) in [4.78, 5) is 0. The summed E-state index contributed by atoms with van der Waals surface area (Å²) in [6.45, 7) is 2.27. The Labute approximate surface area is 108 Å². The molecule has 0 aromatic heterocycles. The maximum Gasteiger partial charge on any atom is 0.245 e. The lowest BCUT2D eigenvalue weighted by Gasteiger charge is -2.14. The van der Waals surface area contributed by atoms with Gasteiger partial charge in [-0.1, -0.05) is 51.9 Å². The summed E-state index contributed by atoms with van der Waals surface area (Å²) in [6.07, 6.45) is 9.79. The zero-order chi connectivity index (χ0) is 12.1. The van der Waals surface area contributed by atoms with Gasteiger partial charge in [0.1, 0.15) is 0 Å². The van der Waals surface area contributed by atoms with E-state index in [1.54, 1.807) is 0 Å². The van der Waals surface area contributed by atoms with Crippen LogP contribution in [0.5, 0.6) is 0 Å². The summed E-state index contributed by atoms with van der Waals surface area (Å²) in [6, 6.07) is 1.31. The van der Waals surface area contributed by atoms with Crippen molar-refractivity contribution in [2.24, 2.45) is 0 Å². The highest BCUT2D eigenvalue weighted by atomic mass is 28.4. The number of nitrogens with one attached hydrogen (secondary N) is 2. The third kappa shape index (κ3) is 11.0. The van der Waals surface area contributed by atoms with Crippen LogP contribution in [0.4, 0.5) is 0 Å². The summed E-state index contributed by atoms with van der Waals surface area (Å²) in [5.41, 5.74) is 0. The second kappa shape index (κ2) is 13.6. The van der Waals surface area contributed by atoms with Crippen LogP contribution in [-0.2, 0) is 4.43 Å². The molecule has 0 aliphatic heterocycles. The van der Waals surface area contributed by atoms with Crippen molar-refractivity contribution in [3.8, 4) is 0 Å². The predicted octanol–water partition coefficient (Wildman–Crippen LogP) is 0.0623. The molecule has 0 rings (SSSR count). The quantitative estimate of drug-likeness (QED) is 0.391. The molecule has 0 spiro atoms. The van der Waals surface area contributed by atoms with Gasteiger partial charge in [-0.15, -0.1) is 0 Å². The van der Waals surface area contributed by atoms with Gasteiger partial charge in [0, 0.05) is 7.11 Å². The van der Waals surface area contributed by atoms with Crippen LogP contribution < -0.4 is 9.30 Å². The molecule has 0 aliphatic rings. The lowest BCUT2D eigenvalue weighted by atomic mass is 10.1. The highest BCUT2D eigenvalue weighted by Gasteiger charge is 2.07. The van der Waals surface area contributed by atoms with E-state index in [9.17, 15) is 0 Å². The van der Waals surface area contributed by atoms with Gasteiger partial charge in [0.2, 0.25) is 9.20 Å². The molecule has 2 N–H and O–H groups in total. The highest BCUT2D eigenvalue weighted by Crippen LogP contribution is 2.09. The molecule has 16 heavy (non-hydrogen) atoms. The zero-order valence-corrected chi connectivity index (χ0v) is 15.9. The van der Waals surface area contributed by atoms with Crippen LogP contribution in [0.1, 0.15) is 51.9 Å². The fourth-order valence-corrected chi connectivity index (χ4v) is 7.75. The van der Waals surface area contributed by atoms with Crippen molar-refractivity contribution < 1.29 is 4.43 Å². The molecule has 98 valence electrons. The van der Waals surface area contributed by atoms with Crippen LogP contribution in [0.2, 0.25) is 6.04 Å². The van der Waals surface area contributed by atoms with E-state index < -0.39 is 9.20 Å². The molecule has 6 heteroatoms. The first kappa shape index (κ1) is 16.5. The molecular formula is C10H30N2OSi3. The molecule has 3 nitrogen and oxygen atoms in total. The van der Waals surface area contributed by atoms with Gasteiger partial charge in [0.15, 0.2) is 9.84 Å². The summed E-state index contributed by atoms with van der Waals surface area (Å²) in [5, 5.41) is 0. The van der Waals surface area contributed by atoms with Gasteiger partial charge in [-0.05, 0) is 6.04 Å². The molecular weight excluding hydrogens is 248 g/mol. The Morgan fingerprint density at radius 1 is 1.12 bits per heavy atom. The summed E-state index contributed by atoms with van der Waals surface area (Å²) >= 11 is 0.